The molecule has 0 saturated carbocycles. The van der Waals surface area contributed by atoms with Crippen molar-refractivity contribution in [1.29, 1.82) is 0 Å². The van der Waals surface area contributed by atoms with Crippen LogP contribution in [0.3, 0.4) is 0 Å². The molecule has 0 N–H and O–H groups in total. The van der Waals surface area contributed by atoms with Crippen LogP contribution in [-0.2, 0) is 18.6 Å². The van der Waals surface area contributed by atoms with Gasteiger partial charge in [-0.05, 0) is 24.0 Å². The number of nitrogens with zero attached hydrogens (tertiary/aromatic N) is 3. The number of hydrogen-bond acceptors (Lipinski definition) is 3. The molecule has 0 unspecified atom stereocenters. The average molecular weight is 259 g/mol. The van der Waals surface area contributed by atoms with Crippen molar-refractivity contribution in [2.24, 2.45) is 0 Å². The molecule has 0 radical (unpaired) electrons. The van der Waals surface area contributed by atoms with Crippen molar-refractivity contribution < 1.29 is 4.74 Å². The summed E-state index contributed by atoms with van der Waals surface area (Å²) in [4.78, 5) is 4.22. The number of hydrogen-bond donors (Lipinski definition) is 0. The summed E-state index contributed by atoms with van der Waals surface area (Å²) in [5.74, 6) is 1.77. The minimum atomic E-state index is 0.0645. The normalized spacial score (nSPS) is 11.6. The fourth-order valence-electron chi connectivity index (χ4n) is 2.02. The first-order valence-electron chi connectivity index (χ1n) is 6.61. The Bertz CT molecular complexity index is 540. The third kappa shape index (κ3) is 3.13. The molecule has 0 atom stereocenters. The van der Waals surface area contributed by atoms with Crippen LogP contribution in [0.4, 0.5) is 0 Å². The van der Waals surface area contributed by atoms with Gasteiger partial charge in [0.25, 0.3) is 0 Å². The van der Waals surface area contributed by atoms with E-state index in [-0.39, 0.29) is 5.41 Å². The molecule has 1 aromatic heterocycles. The van der Waals surface area contributed by atoms with Crippen LogP contribution < -0.4 is 4.74 Å². The second-order valence-corrected chi connectivity index (χ2v) is 5.53. The summed E-state index contributed by atoms with van der Waals surface area (Å²) in [6.07, 6.45) is 1.57. The lowest BCUT2D eigenvalue weighted by molar-refractivity contribution is 0.280. The Kier molecular flexibility index (Phi) is 3.88. The van der Waals surface area contributed by atoms with Crippen LogP contribution in [0.15, 0.2) is 30.6 Å². The maximum atomic E-state index is 5.93. The largest absolute Gasteiger partial charge is 0.485 e. The molecule has 19 heavy (non-hydrogen) atoms. The molecule has 1 aromatic carbocycles. The number of rotatable bonds is 4. The van der Waals surface area contributed by atoms with E-state index in [2.05, 4.69) is 36.9 Å². The van der Waals surface area contributed by atoms with E-state index in [1.807, 2.05) is 29.8 Å². The number of benzene rings is 1. The van der Waals surface area contributed by atoms with Crippen molar-refractivity contribution in [3.05, 3.63) is 42.0 Å². The molecule has 0 aliphatic carbocycles. The van der Waals surface area contributed by atoms with E-state index in [1.54, 1.807) is 6.33 Å². The predicted molar refractivity (Wildman–Crippen MR) is 75.2 cm³/mol. The van der Waals surface area contributed by atoms with Crippen molar-refractivity contribution in [1.82, 2.24) is 14.8 Å². The number of aryl methyl sites for hydroxylation is 1. The molecular weight excluding hydrogens is 238 g/mol. The van der Waals surface area contributed by atoms with Gasteiger partial charge in [0, 0.05) is 6.54 Å². The third-order valence-corrected chi connectivity index (χ3v) is 3.05. The van der Waals surface area contributed by atoms with E-state index >= 15 is 0 Å². The molecule has 2 aromatic rings. The Balaban J connectivity index is 2.16. The highest BCUT2D eigenvalue weighted by atomic mass is 16.5. The highest BCUT2D eigenvalue weighted by molar-refractivity contribution is 5.38. The van der Waals surface area contributed by atoms with Crippen molar-refractivity contribution in [2.45, 2.75) is 46.3 Å². The zero-order chi connectivity index (χ0) is 13.9. The van der Waals surface area contributed by atoms with Crippen LogP contribution >= 0.6 is 0 Å². The Hall–Kier alpha value is -1.84. The Morgan fingerprint density at radius 1 is 1.21 bits per heavy atom. The molecule has 4 heteroatoms. The SMILES string of the molecule is CCn1ncnc1COc1ccccc1C(C)(C)C. The standard InChI is InChI=1S/C15H21N3O/c1-5-18-14(16-11-17-18)10-19-13-9-7-6-8-12(13)15(2,3)4/h6-9,11H,5,10H2,1-4H3. The van der Waals surface area contributed by atoms with Crippen molar-refractivity contribution in [2.75, 3.05) is 0 Å². The van der Waals surface area contributed by atoms with E-state index in [1.165, 1.54) is 5.56 Å². The van der Waals surface area contributed by atoms with E-state index in [0.29, 0.717) is 6.61 Å². The summed E-state index contributed by atoms with van der Waals surface area (Å²) in [7, 11) is 0. The van der Waals surface area contributed by atoms with Gasteiger partial charge >= 0.3 is 0 Å². The van der Waals surface area contributed by atoms with Crippen LogP contribution in [0, 0.1) is 0 Å². The van der Waals surface area contributed by atoms with Gasteiger partial charge in [0.15, 0.2) is 5.82 Å². The highest BCUT2D eigenvalue weighted by Crippen LogP contribution is 2.31. The minimum Gasteiger partial charge on any atom is -0.485 e. The number of ether oxygens (including phenoxy) is 1. The lowest BCUT2D eigenvalue weighted by Gasteiger charge is -2.22. The van der Waals surface area contributed by atoms with Gasteiger partial charge in [0.1, 0.15) is 18.7 Å². The summed E-state index contributed by atoms with van der Waals surface area (Å²) < 4.78 is 7.77. The molecule has 0 saturated heterocycles. The van der Waals surface area contributed by atoms with Crippen LogP contribution in [0.1, 0.15) is 39.1 Å². The average Bonchev–Trinajstić information content (AvgIpc) is 2.83. The molecule has 0 bridgehead atoms. The molecule has 1 heterocycles. The molecule has 0 spiro atoms. The maximum absolute atomic E-state index is 5.93. The van der Waals surface area contributed by atoms with E-state index in [0.717, 1.165) is 18.1 Å². The first kappa shape index (κ1) is 13.6. The van der Waals surface area contributed by atoms with Gasteiger partial charge in [0.2, 0.25) is 0 Å². The van der Waals surface area contributed by atoms with Gasteiger partial charge in [-0.15, -0.1) is 0 Å². The number of para-hydroxylation sites is 1. The number of aromatic nitrogens is 3. The molecular formula is C15H21N3O. The van der Waals surface area contributed by atoms with Gasteiger partial charge in [-0.1, -0.05) is 39.0 Å². The molecule has 0 amide bonds. The summed E-state index contributed by atoms with van der Waals surface area (Å²) in [5.41, 5.74) is 1.27. The van der Waals surface area contributed by atoms with Crippen LogP contribution in [0.25, 0.3) is 0 Å². The first-order valence-corrected chi connectivity index (χ1v) is 6.61. The second kappa shape index (κ2) is 5.43. The summed E-state index contributed by atoms with van der Waals surface area (Å²) in [6.45, 7) is 9.85. The Labute approximate surface area is 114 Å². The van der Waals surface area contributed by atoms with E-state index < -0.39 is 0 Å². The molecule has 0 fully saturated rings. The fourth-order valence-corrected chi connectivity index (χ4v) is 2.02. The van der Waals surface area contributed by atoms with Crippen LogP contribution in [0.2, 0.25) is 0 Å². The highest BCUT2D eigenvalue weighted by Gasteiger charge is 2.18. The second-order valence-electron chi connectivity index (χ2n) is 5.53. The van der Waals surface area contributed by atoms with Crippen molar-refractivity contribution in [3.63, 3.8) is 0 Å². The molecule has 102 valence electrons. The predicted octanol–water partition coefficient (Wildman–Crippen LogP) is 3.17. The quantitative estimate of drug-likeness (QED) is 0.846. The van der Waals surface area contributed by atoms with Crippen LogP contribution in [-0.4, -0.2) is 14.8 Å². The van der Waals surface area contributed by atoms with Gasteiger partial charge in [0.05, 0.1) is 0 Å². The van der Waals surface area contributed by atoms with Gasteiger partial charge in [-0.25, -0.2) is 9.67 Å². The Morgan fingerprint density at radius 3 is 2.63 bits per heavy atom. The zero-order valence-corrected chi connectivity index (χ0v) is 12.1. The summed E-state index contributed by atoms with van der Waals surface area (Å²) >= 11 is 0. The lowest BCUT2D eigenvalue weighted by atomic mass is 9.86. The van der Waals surface area contributed by atoms with E-state index in [9.17, 15) is 0 Å². The van der Waals surface area contributed by atoms with Crippen molar-refractivity contribution >= 4 is 0 Å². The monoisotopic (exact) mass is 259 g/mol. The first-order chi connectivity index (χ1) is 9.02. The third-order valence-electron chi connectivity index (χ3n) is 3.05. The molecule has 0 aliphatic heterocycles. The minimum absolute atomic E-state index is 0.0645. The smallest absolute Gasteiger partial charge is 0.164 e. The van der Waals surface area contributed by atoms with Crippen molar-refractivity contribution in [3.8, 4) is 5.75 Å². The van der Waals surface area contributed by atoms with Gasteiger partial charge in [-0.2, -0.15) is 5.10 Å². The summed E-state index contributed by atoms with van der Waals surface area (Å²) in [5, 5.41) is 4.14. The molecule has 4 nitrogen and oxygen atoms in total. The maximum Gasteiger partial charge on any atom is 0.164 e. The summed E-state index contributed by atoms with van der Waals surface area (Å²) in [6, 6.07) is 8.16. The zero-order valence-electron chi connectivity index (χ0n) is 12.1. The Morgan fingerprint density at radius 2 is 1.95 bits per heavy atom. The molecule has 2 rings (SSSR count). The van der Waals surface area contributed by atoms with Crippen LogP contribution in [0.5, 0.6) is 5.75 Å². The topological polar surface area (TPSA) is 39.9 Å². The van der Waals surface area contributed by atoms with Gasteiger partial charge < -0.3 is 4.74 Å². The fraction of sp³-hybridized carbons (Fsp3) is 0.467. The lowest BCUT2D eigenvalue weighted by Crippen LogP contribution is -2.14. The van der Waals surface area contributed by atoms with Gasteiger partial charge in [-0.3, -0.25) is 0 Å². The molecule has 0 aliphatic rings. The van der Waals surface area contributed by atoms with E-state index in [4.69, 9.17) is 4.74 Å².